The van der Waals surface area contributed by atoms with E-state index in [4.69, 9.17) is 4.84 Å². The number of halogens is 3. The van der Waals surface area contributed by atoms with Crippen LogP contribution in [0, 0.1) is 23.0 Å². The van der Waals surface area contributed by atoms with Gasteiger partial charge >= 0.3 is 6.18 Å². The lowest BCUT2D eigenvalue weighted by Crippen LogP contribution is -2.48. The fourth-order valence-electron chi connectivity index (χ4n) is 5.23. The van der Waals surface area contributed by atoms with Gasteiger partial charge in [-0.3, -0.25) is 19.8 Å². The molecule has 0 spiro atoms. The molecule has 0 amide bonds. The molecule has 218 valence electrons. The van der Waals surface area contributed by atoms with E-state index in [9.17, 15) is 28.1 Å². The van der Waals surface area contributed by atoms with Crippen molar-refractivity contribution >= 4 is 38.0 Å². The van der Waals surface area contributed by atoms with Crippen LogP contribution in [0.5, 0.6) is 0 Å². The summed E-state index contributed by atoms with van der Waals surface area (Å²) in [5, 5.41) is 15.8. The summed E-state index contributed by atoms with van der Waals surface area (Å²) in [6.45, 7) is 6.04. The van der Waals surface area contributed by atoms with Crippen LogP contribution in [0.2, 0.25) is 0 Å². The standard InChI is InChI=1S/C28H30F3N5O4S/c1-18-2-4-20(5-3-18)17-40-33-22-8-6-19(7-9-22)16-34-10-12-35(13-11-34)27-32-26(37)23-14-21(28(29,30)31)15-24(36(38)39)25(23)41-27/h2-5,14-15,19H,6-13,16-17H2,1H3. The molecule has 0 bridgehead atoms. The van der Waals surface area contributed by atoms with Gasteiger partial charge in [0.2, 0.25) is 0 Å². The number of aryl methyl sites for hydroxylation is 1. The van der Waals surface area contributed by atoms with Gasteiger partial charge in [0.1, 0.15) is 11.3 Å². The van der Waals surface area contributed by atoms with Gasteiger partial charge in [0.25, 0.3) is 11.2 Å². The highest BCUT2D eigenvalue weighted by molar-refractivity contribution is 7.22. The van der Waals surface area contributed by atoms with E-state index < -0.39 is 27.9 Å². The first-order valence-electron chi connectivity index (χ1n) is 13.5. The minimum absolute atomic E-state index is 0.0945. The number of piperazine rings is 1. The van der Waals surface area contributed by atoms with Gasteiger partial charge in [0.05, 0.1) is 21.6 Å². The zero-order chi connectivity index (χ0) is 29.1. The molecule has 2 fully saturated rings. The number of oxime groups is 1. The summed E-state index contributed by atoms with van der Waals surface area (Å²) >= 11 is 0.887. The van der Waals surface area contributed by atoms with Crippen molar-refractivity contribution in [2.45, 2.75) is 45.4 Å². The van der Waals surface area contributed by atoms with E-state index in [-0.39, 0.29) is 15.2 Å². The van der Waals surface area contributed by atoms with Crippen LogP contribution in [-0.2, 0) is 17.6 Å². The third-order valence-electron chi connectivity index (χ3n) is 7.60. The van der Waals surface area contributed by atoms with Gasteiger partial charge in [0, 0.05) is 38.8 Å². The number of nitro groups is 1. The SMILES string of the molecule is Cc1ccc(CON=C2CCC(CN3CCN(c4nc(=O)c5cc(C(F)(F)F)cc([N+](=O)[O-])c5s4)CC3)CC2)cc1. The number of nitro benzene ring substituents is 1. The van der Waals surface area contributed by atoms with Gasteiger partial charge in [-0.05, 0) is 50.2 Å². The number of anilines is 1. The van der Waals surface area contributed by atoms with Crippen molar-refractivity contribution in [1.82, 2.24) is 9.88 Å². The number of benzene rings is 2. The van der Waals surface area contributed by atoms with Crippen molar-refractivity contribution in [1.29, 1.82) is 0 Å². The fourth-order valence-corrected chi connectivity index (χ4v) is 6.35. The molecule has 3 aromatic rings. The summed E-state index contributed by atoms with van der Waals surface area (Å²) < 4.78 is 39.6. The molecule has 0 radical (unpaired) electrons. The lowest BCUT2D eigenvalue weighted by Gasteiger charge is -2.37. The van der Waals surface area contributed by atoms with Gasteiger partial charge in [-0.1, -0.05) is 46.3 Å². The Morgan fingerprint density at radius 3 is 2.44 bits per heavy atom. The van der Waals surface area contributed by atoms with Crippen LogP contribution in [0.4, 0.5) is 24.0 Å². The van der Waals surface area contributed by atoms with Crippen LogP contribution in [0.3, 0.4) is 0 Å². The van der Waals surface area contributed by atoms with E-state index in [1.165, 1.54) is 5.56 Å². The molecule has 5 rings (SSSR count). The Balaban J connectivity index is 1.15. The topological polar surface area (TPSA) is 101 Å². The molecule has 0 N–H and O–H groups in total. The van der Waals surface area contributed by atoms with Gasteiger partial charge in [-0.15, -0.1) is 0 Å². The molecule has 2 aliphatic rings. The molecule has 1 aliphatic carbocycles. The largest absolute Gasteiger partial charge is 0.416 e. The number of alkyl halides is 3. The molecule has 1 saturated heterocycles. The quantitative estimate of drug-likeness (QED) is 0.255. The second-order valence-electron chi connectivity index (χ2n) is 10.6. The number of hydrogen-bond acceptors (Lipinski definition) is 9. The smallest absolute Gasteiger partial charge is 0.391 e. The Labute approximate surface area is 238 Å². The summed E-state index contributed by atoms with van der Waals surface area (Å²) in [6.07, 6.45) is -0.938. The normalized spacial score (nSPS) is 18.5. The van der Waals surface area contributed by atoms with E-state index in [1.807, 2.05) is 24.0 Å². The monoisotopic (exact) mass is 589 g/mol. The number of non-ortho nitro benzene ring substituents is 1. The number of nitrogens with zero attached hydrogens (tertiary/aromatic N) is 5. The molecular weight excluding hydrogens is 559 g/mol. The van der Waals surface area contributed by atoms with E-state index in [2.05, 4.69) is 27.2 Å². The van der Waals surface area contributed by atoms with E-state index in [0.717, 1.165) is 67.9 Å². The maximum atomic E-state index is 13.2. The Kier molecular flexibility index (Phi) is 8.55. The fraction of sp³-hybridized carbons (Fsp3) is 0.464. The molecule has 9 nitrogen and oxygen atoms in total. The van der Waals surface area contributed by atoms with Crippen molar-refractivity contribution in [2.24, 2.45) is 11.1 Å². The summed E-state index contributed by atoms with van der Waals surface area (Å²) in [6, 6.07) is 9.32. The van der Waals surface area contributed by atoms with Crippen LogP contribution in [0.15, 0.2) is 46.3 Å². The summed E-state index contributed by atoms with van der Waals surface area (Å²) in [7, 11) is 0. The highest BCUT2D eigenvalue weighted by Crippen LogP contribution is 2.38. The van der Waals surface area contributed by atoms with Crippen LogP contribution in [0.1, 0.15) is 42.4 Å². The van der Waals surface area contributed by atoms with Crippen molar-refractivity contribution in [2.75, 3.05) is 37.6 Å². The first-order valence-corrected chi connectivity index (χ1v) is 14.3. The number of aromatic nitrogens is 1. The lowest BCUT2D eigenvalue weighted by molar-refractivity contribution is -0.383. The summed E-state index contributed by atoms with van der Waals surface area (Å²) in [4.78, 5) is 37.1. The first-order chi connectivity index (χ1) is 19.6. The third-order valence-corrected chi connectivity index (χ3v) is 8.77. The molecule has 1 aliphatic heterocycles. The molecule has 0 unspecified atom stereocenters. The molecule has 1 saturated carbocycles. The van der Waals surface area contributed by atoms with Crippen LogP contribution >= 0.6 is 11.3 Å². The summed E-state index contributed by atoms with van der Waals surface area (Å²) in [5.41, 5.74) is 0.520. The van der Waals surface area contributed by atoms with Crippen LogP contribution < -0.4 is 10.5 Å². The molecule has 2 aromatic carbocycles. The van der Waals surface area contributed by atoms with Gasteiger partial charge in [-0.2, -0.15) is 18.2 Å². The Hall–Kier alpha value is -3.58. The van der Waals surface area contributed by atoms with Crippen LogP contribution in [-0.4, -0.2) is 53.2 Å². The number of hydrogen-bond donors (Lipinski definition) is 0. The Bertz CT molecular complexity index is 1490. The molecule has 13 heteroatoms. The molecule has 1 aromatic heterocycles. The van der Waals surface area contributed by atoms with Crippen molar-refractivity contribution < 1.29 is 22.9 Å². The average molecular weight is 590 g/mol. The van der Waals surface area contributed by atoms with E-state index in [0.29, 0.717) is 37.7 Å². The van der Waals surface area contributed by atoms with Crippen LogP contribution in [0.25, 0.3) is 10.1 Å². The van der Waals surface area contributed by atoms with E-state index >= 15 is 0 Å². The molecular formula is C28H30F3N5O4S. The number of fused-ring (bicyclic) bond motifs is 1. The van der Waals surface area contributed by atoms with E-state index in [1.54, 1.807) is 0 Å². The third kappa shape index (κ3) is 7.02. The van der Waals surface area contributed by atoms with Gasteiger partial charge < -0.3 is 9.74 Å². The maximum Gasteiger partial charge on any atom is 0.416 e. The first kappa shape index (κ1) is 28.9. The average Bonchev–Trinajstić information content (AvgIpc) is 2.94. The van der Waals surface area contributed by atoms with Crippen molar-refractivity contribution in [3.8, 4) is 0 Å². The zero-order valence-electron chi connectivity index (χ0n) is 22.5. The minimum atomic E-state index is -4.81. The summed E-state index contributed by atoms with van der Waals surface area (Å²) in [5.74, 6) is 0.540. The maximum absolute atomic E-state index is 13.2. The Morgan fingerprint density at radius 2 is 1.80 bits per heavy atom. The Morgan fingerprint density at radius 1 is 1.12 bits per heavy atom. The lowest BCUT2D eigenvalue weighted by atomic mass is 9.87. The van der Waals surface area contributed by atoms with Gasteiger partial charge in [0.15, 0.2) is 5.13 Å². The van der Waals surface area contributed by atoms with Crippen molar-refractivity contribution in [3.05, 3.63) is 73.6 Å². The van der Waals surface area contributed by atoms with Crippen molar-refractivity contribution in [3.63, 3.8) is 0 Å². The molecule has 41 heavy (non-hydrogen) atoms. The molecule has 0 atom stereocenters. The zero-order valence-corrected chi connectivity index (χ0v) is 23.3. The predicted octanol–water partition coefficient (Wildman–Crippen LogP) is 5.78. The highest BCUT2D eigenvalue weighted by Gasteiger charge is 2.34. The highest BCUT2D eigenvalue weighted by atomic mass is 32.1. The second-order valence-corrected chi connectivity index (χ2v) is 11.6. The predicted molar refractivity (Wildman–Crippen MR) is 152 cm³/mol. The van der Waals surface area contributed by atoms with Gasteiger partial charge in [-0.25, -0.2) is 0 Å². The number of rotatable bonds is 7. The minimum Gasteiger partial charge on any atom is -0.391 e. The second kappa shape index (κ2) is 12.1. The molecule has 2 heterocycles.